The molecule has 0 aromatic rings. The molecule has 1 saturated carbocycles. The molecule has 22 heavy (non-hydrogen) atoms. The van der Waals surface area contributed by atoms with E-state index in [0.29, 0.717) is 25.7 Å². The van der Waals surface area contributed by atoms with E-state index in [4.69, 9.17) is 4.74 Å². The number of aliphatic imine (C=N–C) groups is 1. The molecule has 2 aliphatic rings. The van der Waals surface area contributed by atoms with E-state index in [-0.39, 0.29) is 6.09 Å². The fraction of sp³-hybridized carbons (Fsp3) is 0.882. The van der Waals surface area contributed by atoms with Gasteiger partial charge in [-0.3, -0.25) is 9.89 Å². The molecule has 0 aromatic heterocycles. The Hall–Kier alpha value is -1.26. The van der Waals surface area contributed by atoms with Gasteiger partial charge in [0.2, 0.25) is 0 Å². The monoisotopic (exact) mass is 309 g/mol. The largest absolute Gasteiger partial charge is 0.444 e. The number of rotatable bonds is 2. The van der Waals surface area contributed by atoms with Crippen molar-refractivity contribution in [2.24, 2.45) is 10.9 Å². The van der Waals surface area contributed by atoms with Crippen LogP contribution in [0.25, 0.3) is 0 Å². The van der Waals surface area contributed by atoms with Crippen LogP contribution in [0.4, 0.5) is 4.79 Å². The lowest BCUT2D eigenvalue weighted by molar-refractivity contribution is 0.0275. The summed E-state index contributed by atoms with van der Waals surface area (Å²) < 4.78 is 5.45. The van der Waals surface area contributed by atoms with Crippen LogP contribution in [0, 0.1) is 5.92 Å². The molecule has 1 fully saturated rings. The summed E-state index contributed by atoms with van der Waals surface area (Å²) in [5.74, 6) is 1.77. The van der Waals surface area contributed by atoms with Crippen molar-refractivity contribution in [2.75, 3.05) is 19.6 Å². The molecule has 0 aromatic carbocycles. The summed E-state index contributed by atoms with van der Waals surface area (Å²) in [5, 5.41) is 3.57. The Labute approximate surface area is 134 Å². The molecule has 2 rings (SSSR count). The number of nitrogens with zero attached hydrogens (tertiary/aromatic N) is 2. The van der Waals surface area contributed by atoms with Crippen LogP contribution in [-0.4, -0.2) is 48.1 Å². The van der Waals surface area contributed by atoms with Crippen molar-refractivity contribution in [2.45, 2.75) is 71.4 Å². The molecule has 126 valence electrons. The Bertz CT molecular complexity index is 415. The SMILES string of the molecule is CCC1CCCC(NC2=NCCN(C(=O)OC(C)(C)C)C2)C1. The third-order valence-corrected chi connectivity index (χ3v) is 4.40. The average Bonchev–Trinajstić information content (AvgIpc) is 2.46. The van der Waals surface area contributed by atoms with Crippen LogP contribution < -0.4 is 5.32 Å². The van der Waals surface area contributed by atoms with Gasteiger partial charge in [-0.05, 0) is 39.5 Å². The highest BCUT2D eigenvalue weighted by atomic mass is 16.6. The van der Waals surface area contributed by atoms with Gasteiger partial charge in [-0.15, -0.1) is 0 Å². The summed E-state index contributed by atoms with van der Waals surface area (Å²) in [4.78, 5) is 18.5. The Morgan fingerprint density at radius 3 is 2.86 bits per heavy atom. The van der Waals surface area contributed by atoms with E-state index in [0.717, 1.165) is 11.8 Å². The van der Waals surface area contributed by atoms with Crippen LogP contribution in [0.2, 0.25) is 0 Å². The minimum Gasteiger partial charge on any atom is -0.444 e. The Balaban J connectivity index is 1.85. The third-order valence-electron chi connectivity index (χ3n) is 4.40. The maximum absolute atomic E-state index is 12.2. The van der Waals surface area contributed by atoms with E-state index >= 15 is 0 Å². The van der Waals surface area contributed by atoms with Crippen molar-refractivity contribution in [1.82, 2.24) is 10.2 Å². The van der Waals surface area contributed by atoms with Gasteiger partial charge in [0, 0.05) is 12.6 Å². The predicted molar refractivity (Wildman–Crippen MR) is 89.3 cm³/mol. The van der Waals surface area contributed by atoms with Crippen LogP contribution >= 0.6 is 0 Å². The second kappa shape index (κ2) is 7.34. The van der Waals surface area contributed by atoms with E-state index in [9.17, 15) is 4.79 Å². The molecule has 5 nitrogen and oxygen atoms in total. The van der Waals surface area contributed by atoms with Gasteiger partial charge in [-0.25, -0.2) is 4.79 Å². The zero-order chi connectivity index (χ0) is 16.2. The van der Waals surface area contributed by atoms with Gasteiger partial charge in [0.25, 0.3) is 0 Å². The van der Waals surface area contributed by atoms with Crippen LogP contribution in [-0.2, 0) is 4.74 Å². The van der Waals surface area contributed by atoms with Crippen LogP contribution in [0.5, 0.6) is 0 Å². The number of ether oxygens (including phenoxy) is 1. The molecule has 1 aliphatic carbocycles. The highest BCUT2D eigenvalue weighted by Gasteiger charge is 2.27. The number of hydrogen-bond acceptors (Lipinski definition) is 4. The van der Waals surface area contributed by atoms with Crippen molar-refractivity contribution in [3.8, 4) is 0 Å². The van der Waals surface area contributed by atoms with E-state index in [1.165, 1.54) is 32.1 Å². The lowest BCUT2D eigenvalue weighted by atomic mass is 9.84. The van der Waals surface area contributed by atoms with Gasteiger partial charge >= 0.3 is 6.09 Å². The van der Waals surface area contributed by atoms with Crippen molar-refractivity contribution >= 4 is 11.9 Å². The summed E-state index contributed by atoms with van der Waals surface area (Å²) in [6.45, 7) is 9.81. The van der Waals surface area contributed by atoms with Crippen molar-refractivity contribution in [3.05, 3.63) is 0 Å². The second-order valence-electron chi connectivity index (χ2n) is 7.51. The number of amides is 1. The summed E-state index contributed by atoms with van der Waals surface area (Å²) >= 11 is 0. The van der Waals surface area contributed by atoms with Crippen LogP contribution in [0.15, 0.2) is 4.99 Å². The van der Waals surface area contributed by atoms with E-state index in [1.807, 2.05) is 20.8 Å². The lowest BCUT2D eigenvalue weighted by Gasteiger charge is -2.34. The summed E-state index contributed by atoms with van der Waals surface area (Å²) in [6, 6.07) is 0.510. The van der Waals surface area contributed by atoms with Gasteiger partial charge < -0.3 is 10.1 Å². The zero-order valence-electron chi connectivity index (χ0n) is 14.5. The normalized spacial score (nSPS) is 26.4. The molecule has 5 heteroatoms. The summed E-state index contributed by atoms with van der Waals surface area (Å²) in [7, 11) is 0. The molecule has 2 unspecified atom stereocenters. The van der Waals surface area contributed by atoms with E-state index in [1.54, 1.807) is 4.90 Å². The number of amidine groups is 1. The molecule has 0 bridgehead atoms. The quantitative estimate of drug-likeness (QED) is 0.852. The van der Waals surface area contributed by atoms with Crippen molar-refractivity contribution in [1.29, 1.82) is 0 Å². The Kier molecular flexibility index (Phi) is 5.70. The Morgan fingerprint density at radius 2 is 2.18 bits per heavy atom. The molecule has 2 atom stereocenters. The first-order valence-electron chi connectivity index (χ1n) is 8.65. The van der Waals surface area contributed by atoms with Gasteiger partial charge in [-0.1, -0.05) is 26.2 Å². The molecule has 0 spiro atoms. The molecular weight excluding hydrogens is 278 g/mol. The minimum absolute atomic E-state index is 0.239. The third kappa shape index (κ3) is 5.18. The predicted octanol–water partition coefficient (Wildman–Crippen LogP) is 3.19. The lowest BCUT2D eigenvalue weighted by Crippen LogP contribution is -2.50. The molecule has 1 aliphatic heterocycles. The number of carbonyl (C=O) groups excluding carboxylic acids is 1. The zero-order valence-corrected chi connectivity index (χ0v) is 14.5. The first-order chi connectivity index (χ1) is 10.4. The van der Waals surface area contributed by atoms with Gasteiger partial charge in [-0.2, -0.15) is 0 Å². The molecule has 1 N–H and O–H groups in total. The highest BCUT2D eigenvalue weighted by molar-refractivity contribution is 5.88. The van der Waals surface area contributed by atoms with Gasteiger partial charge in [0.15, 0.2) is 0 Å². The maximum Gasteiger partial charge on any atom is 0.410 e. The second-order valence-corrected chi connectivity index (χ2v) is 7.51. The summed E-state index contributed by atoms with van der Waals surface area (Å²) in [5.41, 5.74) is -0.447. The fourth-order valence-corrected chi connectivity index (χ4v) is 3.22. The molecule has 1 heterocycles. The number of carbonyl (C=O) groups is 1. The van der Waals surface area contributed by atoms with E-state index in [2.05, 4.69) is 17.2 Å². The Morgan fingerprint density at radius 1 is 1.41 bits per heavy atom. The van der Waals surface area contributed by atoms with Crippen molar-refractivity contribution in [3.63, 3.8) is 0 Å². The maximum atomic E-state index is 12.2. The van der Waals surface area contributed by atoms with Gasteiger partial charge in [0.1, 0.15) is 11.4 Å². The molecular formula is C17H31N3O2. The van der Waals surface area contributed by atoms with Crippen LogP contribution in [0.3, 0.4) is 0 Å². The first-order valence-corrected chi connectivity index (χ1v) is 8.65. The fourth-order valence-electron chi connectivity index (χ4n) is 3.22. The van der Waals surface area contributed by atoms with Crippen molar-refractivity contribution < 1.29 is 9.53 Å². The number of nitrogens with one attached hydrogen (secondary N) is 1. The standard InChI is InChI=1S/C17H31N3O2/c1-5-13-7-6-8-14(11-13)19-15-12-20(10-9-18-15)16(21)22-17(2,3)4/h13-14H,5-12H2,1-4H3,(H,18,19). The van der Waals surface area contributed by atoms with Crippen LogP contribution in [0.1, 0.15) is 59.8 Å². The highest BCUT2D eigenvalue weighted by Crippen LogP contribution is 2.26. The van der Waals surface area contributed by atoms with Gasteiger partial charge in [0.05, 0.1) is 13.1 Å². The number of hydrogen-bond donors (Lipinski definition) is 1. The molecule has 0 radical (unpaired) electrons. The summed E-state index contributed by atoms with van der Waals surface area (Å²) in [6.07, 6.45) is 6.10. The smallest absolute Gasteiger partial charge is 0.410 e. The minimum atomic E-state index is -0.447. The first kappa shape index (κ1) is 17.1. The molecule has 1 amide bonds. The average molecular weight is 309 g/mol. The van der Waals surface area contributed by atoms with E-state index < -0.39 is 5.60 Å². The molecule has 0 saturated heterocycles. The topological polar surface area (TPSA) is 53.9 Å².